The van der Waals surface area contributed by atoms with Gasteiger partial charge in [0.25, 0.3) is 0 Å². The summed E-state index contributed by atoms with van der Waals surface area (Å²) >= 11 is 0. The van der Waals surface area contributed by atoms with Crippen LogP contribution in [-0.2, 0) is 4.74 Å². The fourth-order valence-electron chi connectivity index (χ4n) is 2.65. The van der Waals surface area contributed by atoms with Crippen molar-refractivity contribution < 1.29 is 9.26 Å². The molecule has 0 amide bonds. The van der Waals surface area contributed by atoms with Gasteiger partial charge in [-0.15, -0.1) is 0 Å². The Morgan fingerprint density at radius 1 is 1.56 bits per heavy atom. The minimum absolute atomic E-state index is 0.0539. The first kappa shape index (κ1) is 12.1. The van der Waals surface area contributed by atoms with Crippen LogP contribution < -0.4 is 5.73 Å². The van der Waals surface area contributed by atoms with E-state index in [1.54, 1.807) is 0 Å². The second kappa shape index (κ2) is 4.95. The summed E-state index contributed by atoms with van der Waals surface area (Å²) in [4.78, 5) is 6.88. The molecule has 2 aliphatic heterocycles. The van der Waals surface area contributed by atoms with E-state index in [1.165, 1.54) is 12.8 Å². The van der Waals surface area contributed by atoms with Gasteiger partial charge in [0.1, 0.15) is 6.10 Å². The molecule has 0 radical (unpaired) electrons. The normalized spacial score (nSPS) is 30.3. The van der Waals surface area contributed by atoms with Gasteiger partial charge < -0.3 is 15.0 Å². The van der Waals surface area contributed by atoms with Gasteiger partial charge in [-0.1, -0.05) is 12.1 Å². The van der Waals surface area contributed by atoms with Crippen molar-refractivity contribution in [1.82, 2.24) is 15.0 Å². The number of rotatable bonds is 3. The van der Waals surface area contributed by atoms with E-state index in [1.807, 2.05) is 6.92 Å². The molecule has 3 atom stereocenters. The Kier molecular flexibility index (Phi) is 3.32. The number of nitrogens with zero attached hydrogens (tertiary/aromatic N) is 3. The third-order valence-corrected chi connectivity index (χ3v) is 3.91. The van der Waals surface area contributed by atoms with Gasteiger partial charge in [0.05, 0.1) is 6.61 Å². The van der Waals surface area contributed by atoms with E-state index in [-0.39, 0.29) is 12.0 Å². The van der Waals surface area contributed by atoms with Gasteiger partial charge >= 0.3 is 0 Å². The smallest absolute Gasteiger partial charge is 0.230 e. The van der Waals surface area contributed by atoms with Crippen molar-refractivity contribution in [3.63, 3.8) is 0 Å². The van der Waals surface area contributed by atoms with Gasteiger partial charge in [-0.2, -0.15) is 4.98 Å². The molecule has 3 heterocycles. The van der Waals surface area contributed by atoms with Crippen LogP contribution in [0.3, 0.4) is 0 Å². The van der Waals surface area contributed by atoms with Crippen LogP contribution in [0.25, 0.3) is 0 Å². The lowest BCUT2D eigenvalue weighted by Crippen LogP contribution is -2.42. The van der Waals surface area contributed by atoms with Crippen molar-refractivity contribution in [3.05, 3.63) is 11.7 Å². The van der Waals surface area contributed by atoms with E-state index >= 15 is 0 Å². The van der Waals surface area contributed by atoms with Gasteiger partial charge in [-0.25, -0.2) is 0 Å². The highest BCUT2D eigenvalue weighted by Gasteiger charge is 2.35. The molecule has 3 unspecified atom stereocenters. The number of nitrogens with two attached hydrogens (primary N) is 1. The first-order valence-corrected chi connectivity index (χ1v) is 6.67. The molecule has 6 nitrogen and oxygen atoms in total. The van der Waals surface area contributed by atoms with Crippen LogP contribution in [0, 0.1) is 0 Å². The highest BCUT2D eigenvalue weighted by molar-refractivity contribution is 4.99. The Labute approximate surface area is 106 Å². The van der Waals surface area contributed by atoms with Crippen molar-refractivity contribution in [2.24, 2.45) is 5.73 Å². The van der Waals surface area contributed by atoms with Crippen molar-refractivity contribution in [1.29, 1.82) is 0 Å². The van der Waals surface area contributed by atoms with Gasteiger partial charge in [-0.3, -0.25) is 4.90 Å². The van der Waals surface area contributed by atoms with Gasteiger partial charge in [0, 0.05) is 25.0 Å². The summed E-state index contributed by atoms with van der Waals surface area (Å²) in [7, 11) is 0. The lowest BCUT2D eigenvalue weighted by atomic mass is 10.1. The quantitative estimate of drug-likeness (QED) is 0.852. The molecule has 1 aromatic rings. The summed E-state index contributed by atoms with van der Waals surface area (Å²) in [5.74, 6) is 1.38. The SMILES string of the molecule is CC(CN)c1nc(C2CN3CCCC3CO2)no1. The molecule has 100 valence electrons. The van der Waals surface area contributed by atoms with Crippen molar-refractivity contribution >= 4 is 0 Å². The minimum atomic E-state index is -0.0539. The van der Waals surface area contributed by atoms with Crippen molar-refractivity contribution in [2.75, 3.05) is 26.2 Å². The van der Waals surface area contributed by atoms with E-state index in [0.29, 0.717) is 24.3 Å². The average Bonchev–Trinajstić information content (AvgIpc) is 3.05. The Morgan fingerprint density at radius 3 is 3.28 bits per heavy atom. The number of morpholine rings is 1. The number of fused-ring (bicyclic) bond motifs is 1. The molecule has 2 fully saturated rings. The summed E-state index contributed by atoms with van der Waals surface area (Å²) in [5, 5.41) is 4.03. The topological polar surface area (TPSA) is 77.4 Å². The van der Waals surface area contributed by atoms with E-state index in [9.17, 15) is 0 Å². The molecule has 3 rings (SSSR count). The first-order chi connectivity index (χ1) is 8.78. The van der Waals surface area contributed by atoms with E-state index in [2.05, 4.69) is 15.0 Å². The number of aromatic nitrogens is 2. The first-order valence-electron chi connectivity index (χ1n) is 6.67. The standard InChI is InChI=1S/C12H20N4O2/c1-8(5-13)12-14-11(15-18-12)10-6-16-4-2-3-9(16)7-17-10/h8-10H,2-7,13H2,1H3. The zero-order chi connectivity index (χ0) is 12.5. The Morgan fingerprint density at radius 2 is 2.44 bits per heavy atom. The second-order valence-corrected chi connectivity index (χ2v) is 5.24. The largest absolute Gasteiger partial charge is 0.367 e. The molecule has 0 aliphatic carbocycles. The minimum Gasteiger partial charge on any atom is -0.367 e. The molecule has 18 heavy (non-hydrogen) atoms. The van der Waals surface area contributed by atoms with Crippen LogP contribution in [0.5, 0.6) is 0 Å². The molecule has 2 saturated heterocycles. The van der Waals surface area contributed by atoms with Crippen LogP contribution in [0.4, 0.5) is 0 Å². The molecule has 0 saturated carbocycles. The van der Waals surface area contributed by atoms with Crippen LogP contribution in [0.15, 0.2) is 4.52 Å². The predicted octanol–water partition coefficient (Wildman–Crippen LogP) is 0.668. The van der Waals surface area contributed by atoms with Crippen LogP contribution in [-0.4, -0.2) is 47.3 Å². The van der Waals surface area contributed by atoms with Crippen LogP contribution in [0.1, 0.15) is 43.5 Å². The van der Waals surface area contributed by atoms with Crippen molar-refractivity contribution in [3.8, 4) is 0 Å². The van der Waals surface area contributed by atoms with Gasteiger partial charge in [0.15, 0.2) is 0 Å². The number of ether oxygens (including phenoxy) is 1. The van der Waals surface area contributed by atoms with Crippen LogP contribution >= 0.6 is 0 Å². The van der Waals surface area contributed by atoms with E-state index in [0.717, 1.165) is 19.7 Å². The lowest BCUT2D eigenvalue weighted by Gasteiger charge is -2.33. The molecule has 1 aromatic heterocycles. The zero-order valence-electron chi connectivity index (χ0n) is 10.7. The van der Waals surface area contributed by atoms with Gasteiger partial charge in [-0.05, 0) is 19.4 Å². The summed E-state index contributed by atoms with van der Waals surface area (Å²) in [6.45, 7) is 5.31. The van der Waals surface area contributed by atoms with Gasteiger partial charge in [0.2, 0.25) is 11.7 Å². The third kappa shape index (κ3) is 2.15. The maximum absolute atomic E-state index is 5.85. The predicted molar refractivity (Wildman–Crippen MR) is 65.1 cm³/mol. The van der Waals surface area contributed by atoms with E-state index in [4.69, 9.17) is 15.0 Å². The fraction of sp³-hybridized carbons (Fsp3) is 0.833. The Hall–Kier alpha value is -0.980. The molecule has 2 N–H and O–H groups in total. The average molecular weight is 252 g/mol. The summed E-state index contributed by atoms with van der Waals surface area (Å²) < 4.78 is 11.1. The van der Waals surface area contributed by atoms with E-state index < -0.39 is 0 Å². The highest BCUT2D eigenvalue weighted by Crippen LogP contribution is 2.29. The number of hydrogen-bond donors (Lipinski definition) is 1. The monoisotopic (exact) mass is 252 g/mol. The Bertz CT molecular complexity index is 409. The molecule has 6 heteroatoms. The summed E-state index contributed by atoms with van der Waals surface area (Å²) in [6.07, 6.45) is 2.46. The molecule has 2 aliphatic rings. The molecule has 0 spiro atoms. The maximum atomic E-state index is 5.85. The molecule has 0 bridgehead atoms. The maximum Gasteiger partial charge on any atom is 0.230 e. The number of hydrogen-bond acceptors (Lipinski definition) is 6. The highest BCUT2D eigenvalue weighted by atomic mass is 16.5. The zero-order valence-corrected chi connectivity index (χ0v) is 10.7. The molecule has 0 aromatic carbocycles. The van der Waals surface area contributed by atoms with Crippen molar-refractivity contribution in [2.45, 2.75) is 37.8 Å². The third-order valence-electron chi connectivity index (χ3n) is 3.91. The second-order valence-electron chi connectivity index (χ2n) is 5.24. The molecular formula is C12H20N4O2. The summed E-state index contributed by atoms with van der Waals surface area (Å²) in [6, 6.07) is 0.593. The molecular weight excluding hydrogens is 232 g/mol. The fourth-order valence-corrected chi connectivity index (χ4v) is 2.65. The Balaban J connectivity index is 1.69. The summed E-state index contributed by atoms with van der Waals surface area (Å²) in [5.41, 5.74) is 5.59. The van der Waals surface area contributed by atoms with Crippen LogP contribution in [0.2, 0.25) is 0 Å². The lowest BCUT2D eigenvalue weighted by molar-refractivity contribution is -0.0548.